The van der Waals surface area contributed by atoms with Crippen molar-refractivity contribution < 1.29 is 29.0 Å². The minimum absolute atomic E-state index is 0.000770. The number of aryl methyl sites for hydroxylation is 1. The summed E-state index contributed by atoms with van der Waals surface area (Å²) in [5.74, 6) is -1.94. The monoisotopic (exact) mass is 554 g/mol. The number of para-hydroxylation sites is 1. The molecule has 0 aliphatic heterocycles. The summed E-state index contributed by atoms with van der Waals surface area (Å²) in [4.78, 5) is 53.8. The van der Waals surface area contributed by atoms with Gasteiger partial charge in [-0.05, 0) is 63.4 Å². The Bertz CT molecular complexity index is 1160. The van der Waals surface area contributed by atoms with E-state index in [9.17, 15) is 24.3 Å². The zero-order valence-electron chi connectivity index (χ0n) is 24.0. The van der Waals surface area contributed by atoms with Crippen LogP contribution in [0, 0.1) is 6.92 Å². The number of benzene rings is 2. The SMILES string of the molecule is CCCCCCN(C(=O)C(CC(N)=O)NC(=O)OC(C)(C)C)C(C(=O)Nc1ccccc1C)c1ccc(O)cc1. The van der Waals surface area contributed by atoms with Crippen molar-refractivity contribution in [2.75, 3.05) is 11.9 Å². The van der Waals surface area contributed by atoms with Crippen molar-refractivity contribution in [1.82, 2.24) is 10.2 Å². The minimum atomic E-state index is -1.36. The number of hydrogen-bond acceptors (Lipinski definition) is 6. The van der Waals surface area contributed by atoms with E-state index >= 15 is 0 Å². The first-order chi connectivity index (χ1) is 18.8. The van der Waals surface area contributed by atoms with Crippen LogP contribution < -0.4 is 16.4 Å². The van der Waals surface area contributed by atoms with Gasteiger partial charge >= 0.3 is 6.09 Å². The fourth-order valence-electron chi connectivity index (χ4n) is 4.17. The van der Waals surface area contributed by atoms with E-state index in [1.165, 1.54) is 17.0 Å². The maximum atomic E-state index is 14.1. The largest absolute Gasteiger partial charge is 0.508 e. The van der Waals surface area contributed by atoms with Gasteiger partial charge in [0.05, 0.1) is 6.42 Å². The third-order valence-electron chi connectivity index (χ3n) is 6.10. The molecule has 5 N–H and O–H groups in total. The van der Waals surface area contributed by atoms with Crippen LogP contribution in [0.2, 0.25) is 0 Å². The molecule has 0 aliphatic rings. The molecular formula is C30H42N4O6. The van der Waals surface area contributed by atoms with Gasteiger partial charge in [0.25, 0.3) is 5.91 Å². The lowest BCUT2D eigenvalue weighted by molar-refractivity contribution is -0.142. The molecule has 2 atom stereocenters. The lowest BCUT2D eigenvalue weighted by atomic mass is 10.0. The number of rotatable bonds is 13. The molecule has 0 aliphatic carbocycles. The van der Waals surface area contributed by atoms with Crippen molar-refractivity contribution in [3.63, 3.8) is 0 Å². The molecule has 2 unspecified atom stereocenters. The zero-order chi connectivity index (χ0) is 29.9. The van der Waals surface area contributed by atoms with Gasteiger partial charge in [-0.15, -0.1) is 0 Å². The van der Waals surface area contributed by atoms with Crippen LogP contribution in [0.25, 0.3) is 0 Å². The van der Waals surface area contributed by atoms with Crippen molar-refractivity contribution in [3.8, 4) is 5.75 Å². The molecule has 0 spiro atoms. The molecule has 10 nitrogen and oxygen atoms in total. The molecule has 0 aromatic heterocycles. The lowest BCUT2D eigenvalue weighted by Crippen LogP contribution is -2.53. The van der Waals surface area contributed by atoms with Crippen molar-refractivity contribution in [3.05, 3.63) is 59.7 Å². The van der Waals surface area contributed by atoms with Gasteiger partial charge < -0.3 is 31.1 Å². The van der Waals surface area contributed by atoms with Gasteiger partial charge in [-0.25, -0.2) is 4.79 Å². The highest BCUT2D eigenvalue weighted by atomic mass is 16.6. The van der Waals surface area contributed by atoms with E-state index < -0.39 is 47.9 Å². The summed E-state index contributed by atoms with van der Waals surface area (Å²) >= 11 is 0. The van der Waals surface area contributed by atoms with Crippen LogP contribution >= 0.6 is 0 Å². The van der Waals surface area contributed by atoms with Crippen LogP contribution in [-0.2, 0) is 19.1 Å². The Labute approximate surface area is 236 Å². The molecule has 10 heteroatoms. The van der Waals surface area contributed by atoms with E-state index in [-0.39, 0.29) is 12.3 Å². The number of unbranched alkanes of at least 4 members (excludes halogenated alkanes) is 3. The number of phenols is 1. The van der Waals surface area contributed by atoms with Crippen LogP contribution in [0.15, 0.2) is 48.5 Å². The van der Waals surface area contributed by atoms with Crippen LogP contribution in [0.3, 0.4) is 0 Å². The van der Waals surface area contributed by atoms with Crippen LogP contribution in [0.1, 0.15) is 77.0 Å². The molecule has 40 heavy (non-hydrogen) atoms. The van der Waals surface area contributed by atoms with Gasteiger partial charge in [-0.3, -0.25) is 14.4 Å². The average Bonchev–Trinajstić information content (AvgIpc) is 2.86. The second-order valence-corrected chi connectivity index (χ2v) is 10.8. The Hall–Kier alpha value is -4.08. The molecule has 0 bridgehead atoms. The Kier molecular flexibility index (Phi) is 12.0. The number of primary amides is 1. The summed E-state index contributed by atoms with van der Waals surface area (Å²) < 4.78 is 5.31. The Morgan fingerprint density at radius 2 is 1.65 bits per heavy atom. The number of phenolic OH excluding ortho intramolecular Hbond substituents is 1. The number of carbonyl (C=O) groups excluding carboxylic acids is 4. The van der Waals surface area contributed by atoms with Crippen molar-refractivity contribution in [2.45, 2.75) is 84.4 Å². The fraction of sp³-hybridized carbons (Fsp3) is 0.467. The number of ether oxygens (including phenoxy) is 1. The van der Waals surface area contributed by atoms with Gasteiger partial charge in [-0.1, -0.05) is 56.5 Å². The number of alkyl carbamates (subject to hydrolysis) is 1. The van der Waals surface area contributed by atoms with E-state index in [2.05, 4.69) is 17.6 Å². The van der Waals surface area contributed by atoms with Gasteiger partial charge in [0.2, 0.25) is 11.8 Å². The Morgan fingerprint density at radius 3 is 2.23 bits per heavy atom. The molecule has 0 fully saturated rings. The summed E-state index contributed by atoms with van der Waals surface area (Å²) in [6.07, 6.45) is 1.92. The fourth-order valence-corrected chi connectivity index (χ4v) is 4.17. The third kappa shape index (κ3) is 10.2. The molecule has 2 aromatic carbocycles. The average molecular weight is 555 g/mol. The summed E-state index contributed by atoms with van der Waals surface area (Å²) in [5.41, 5.74) is 6.47. The van der Waals surface area contributed by atoms with Gasteiger partial charge in [0.15, 0.2) is 0 Å². The summed E-state index contributed by atoms with van der Waals surface area (Å²) in [5, 5.41) is 15.3. The standard InChI is InChI=1S/C30H42N4O6/c1-6-7-8-11-18-34(28(38)24(19-25(31)36)33-29(39)40-30(3,4)5)26(21-14-16-22(35)17-15-21)27(37)32-23-13-10-9-12-20(23)2/h9-10,12-17,24,26,35H,6-8,11,18-19H2,1-5H3,(H2,31,36)(H,32,37)(H,33,39). The third-order valence-corrected chi connectivity index (χ3v) is 6.10. The van der Waals surface area contributed by atoms with Crippen molar-refractivity contribution >= 4 is 29.5 Å². The predicted molar refractivity (Wildman–Crippen MR) is 153 cm³/mol. The molecule has 0 saturated heterocycles. The molecule has 0 heterocycles. The smallest absolute Gasteiger partial charge is 0.408 e. The molecule has 218 valence electrons. The first-order valence-corrected chi connectivity index (χ1v) is 13.6. The number of amides is 4. The molecule has 0 radical (unpaired) electrons. The topological polar surface area (TPSA) is 151 Å². The molecular weight excluding hydrogens is 512 g/mol. The van der Waals surface area contributed by atoms with Gasteiger partial charge in [0, 0.05) is 12.2 Å². The quantitative estimate of drug-likeness (QED) is 0.267. The number of aromatic hydroxyl groups is 1. The number of nitrogens with one attached hydrogen (secondary N) is 2. The second-order valence-electron chi connectivity index (χ2n) is 10.8. The van der Waals surface area contributed by atoms with E-state index in [4.69, 9.17) is 10.5 Å². The number of hydrogen-bond donors (Lipinski definition) is 4. The number of nitrogens with zero attached hydrogens (tertiary/aromatic N) is 1. The number of carbonyl (C=O) groups is 4. The van der Waals surface area contributed by atoms with E-state index in [1.807, 2.05) is 19.1 Å². The number of anilines is 1. The Morgan fingerprint density at radius 1 is 1.00 bits per heavy atom. The zero-order valence-corrected chi connectivity index (χ0v) is 24.0. The summed E-state index contributed by atoms with van der Waals surface area (Å²) in [6, 6.07) is 10.8. The molecule has 2 rings (SSSR count). The lowest BCUT2D eigenvalue weighted by Gasteiger charge is -2.34. The maximum Gasteiger partial charge on any atom is 0.408 e. The second kappa shape index (κ2) is 14.9. The van der Waals surface area contributed by atoms with E-state index in [1.54, 1.807) is 45.0 Å². The van der Waals surface area contributed by atoms with E-state index in [0.717, 1.165) is 24.8 Å². The highest BCUT2D eigenvalue weighted by Gasteiger charge is 2.37. The first-order valence-electron chi connectivity index (χ1n) is 13.6. The van der Waals surface area contributed by atoms with E-state index in [0.29, 0.717) is 17.7 Å². The van der Waals surface area contributed by atoms with Crippen LogP contribution in [0.5, 0.6) is 5.75 Å². The number of nitrogens with two attached hydrogens (primary N) is 1. The maximum absolute atomic E-state index is 14.1. The highest BCUT2D eigenvalue weighted by Crippen LogP contribution is 2.27. The minimum Gasteiger partial charge on any atom is -0.508 e. The predicted octanol–water partition coefficient (Wildman–Crippen LogP) is 4.56. The van der Waals surface area contributed by atoms with Gasteiger partial charge in [-0.2, -0.15) is 0 Å². The van der Waals surface area contributed by atoms with Gasteiger partial charge in [0.1, 0.15) is 23.4 Å². The molecule has 2 aromatic rings. The molecule has 4 amide bonds. The normalized spacial score (nSPS) is 12.6. The highest BCUT2D eigenvalue weighted by molar-refractivity contribution is 6.00. The van der Waals surface area contributed by atoms with Crippen molar-refractivity contribution in [2.24, 2.45) is 5.73 Å². The first kappa shape index (κ1) is 32.1. The summed E-state index contributed by atoms with van der Waals surface area (Å²) in [7, 11) is 0. The van der Waals surface area contributed by atoms with Crippen molar-refractivity contribution in [1.29, 1.82) is 0 Å². The Balaban J connectivity index is 2.54. The summed E-state index contributed by atoms with van der Waals surface area (Å²) in [6.45, 7) is 9.12. The molecule has 0 saturated carbocycles. The van der Waals surface area contributed by atoms with Crippen LogP contribution in [0.4, 0.5) is 10.5 Å². The van der Waals surface area contributed by atoms with Crippen LogP contribution in [-0.4, -0.2) is 52.0 Å².